The second-order valence-electron chi connectivity index (χ2n) is 3.90. The van der Waals surface area contributed by atoms with Crippen LogP contribution in [0, 0.1) is 0 Å². The minimum atomic E-state index is -0.477. The lowest BCUT2D eigenvalue weighted by Gasteiger charge is -2.06. The van der Waals surface area contributed by atoms with Crippen molar-refractivity contribution in [3.05, 3.63) is 35.0 Å². The van der Waals surface area contributed by atoms with Crippen molar-refractivity contribution in [2.24, 2.45) is 5.73 Å². The zero-order valence-electron chi connectivity index (χ0n) is 8.91. The van der Waals surface area contributed by atoms with Crippen LogP contribution in [0.25, 0.3) is 10.9 Å². The molecule has 0 radical (unpaired) electrons. The third-order valence-corrected chi connectivity index (χ3v) is 2.88. The van der Waals surface area contributed by atoms with Gasteiger partial charge in [-0.1, -0.05) is 17.7 Å². The lowest BCUT2D eigenvalue weighted by molar-refractivity contribution is 0.161. The maximum Gasteiger partial charge on any atom is 0.0938 e. The number of hydrogen-bond acceptors (Lipinski definition) is 2. The van der Waals surface area contributed by atoms with E-state index >= 15 is 0 Å². The van der Waals surface area contributed by atoms with Gasteiger partial charge in [0, 0.05) is 16.2 Å². The molecule has 0 aliphatic heterocycles. The predicted molar refractivity (Wildman–Crippen MR) is 66.6 cm³/mol. The summed E-state index contributed by atoms with van der Waals surface area (Å²) in [6.07, 6.45) is 1.02. The van der Waals surface area contributed by atoms with Crippen molar-refractivity contribution in [1.82, 2.24) is 4.98 Å². The number of aliphatic hydroxyl groups excluding tert-OH is 1. The molecule has 2 aromatic rings. The highest BCUT2D eigenvalue weighted by molar-refractivity contribution is 6.31. The summed E-state index contributed by atoms with van der Waals surface area (Å²) in [4.78, 5) is 3.17. The van der Waals surface area contributed by atoms with Gasteiger partial charge < -0.3 is 15.8 Å². The molecule has 0 saturated carbocycles. The maximum absolute atomic E-state index is 9.90. The number of H-pyrrole nitrogens is 1. The highest BCUT2D eigenvalue weighted by Crippen LogP contribution is 2.24. The summed E-state index contributed by atoms with van der Waals surface area (Å²) in [5, 5.41) is 11.7. The van der Waals surface area contributed by atoms with Crippen LogP contribution in [0.1, 0.15) is 24.6 Å². The monoisotopic (exact) mass is 238 g/mol. The van der Waals surface area contributed by atoms with E-state index in [1.54, 1.807) is 0 Å². The fourth-order valence-corrected chi connectivity index (χ4v) is 1.94. The summed E-state index contributed by atoms with van der Waals surface area (Å²) in [5.74, 6) is 0. The number of nitrogens with one attached hydrogen (secondary N) is 1. The third-order valence-electron chi connectivity index (χ3n) is 2.65. The Morgan fingerprint density at radius 3 is 2.94 bits per heavy atom. The molecule has 0 fully saturated rings. The van der Waals surface area contributed by atoms with Gasteiger partial charge in [-0.2, -0.15) is 0 Å². The van der Waals surface area contributed by atoms with Crippen molar-refractivity contribution in [2.45, 2.75) is 18.9 Å². The fraction of sp³-hybridized carbons (Fsp3) is 0.333. The highest BCUT2D eigenvalue weighted by atomic mass is 35.5. The Hall–Kier alpha value is -1.03. The molecular weight excluding hydrogens is 224 g/mol. The summed E-state index contributed by atoms with van der Waals surface area (Å²) in [7, 11) is 0. The van der Waals surface area contributed by atoms with Gasteiger partial charge in [0.15, 0.2) is 0 Å². The topological polar surface area (TPSA) is 62.0 Å². The number of aliphatic hydroxyl groups is 1. The minimum Gasteiger partial charge on any atom is -0.387 e. The molecule has 1 unspecified atom stereocenters. The first-order valence-corrected chi connectivity index (χ1v) is 5.75. The van der Waals surface area contributed by atoms with Crippen LogP contribution in [0.5, 0.6) is 0 Å². The molecule has 1 heterocycles. The molecule has 1 atom stereocenters. The Kier molecular flexibility index (Phi) is 3.49. The molecule has 16 heavy (non-hydrogen) atoms. The average molecular weight is 239 g/mol. The van der Waals surface area contributed by atoms with E-state index in [-0.39, 0.29) is 0 Å². The normalized spacial score (nSPS) is 13.2. The molecular formula is C12H15ClN2O. The Morgan fingerprint density at radius 2 is 2.19 bits per heavy atom. The van der Waals surface area contributed by atoms with E-state index in [1.165, 1.54) is 0 Å². The van der Waals surface area contributed by atoms with Crippen LogP contribution < -0.4 is 5.73 Å². The van der Waals surface area contributed by atoms with Crippen molar-refractivity contribution in [2.75, 3.05) is 6.54 Å². The second kappa shape index (κ2) is 4.87. The number of nitrogens with two attached hydrogens (primary N) is 1. The molecule has 2 rings (SSSR count). The number of aromatic nitrogens is 1. The van der Waals surface area contributed by atoms with Gasteiger partial charge in [0.2, 0.25) is 0 Å². The van der Waals surface area contributed by atoms with Crippen LogP contribution in [-0.2, 0) is 0 Å². The van der Waals surface area contributed by atoms with Crippen LogP contribution in [0.3, 0.4) is 0 Å². The Morgan fingerprint density at radius 1 is 1.38 bits per heavy atom. The molecule has 0 amide bonds. The van der Waals surface area contributed by atoms with Crippen LogP contribution in [-0.4, -0.2) is 16.6 Å². The third kappa shape index (κ3) is 2.38. The molecule has 0 bridgehead atoms. The van der Waals surface area contributed by atoms with Gasteiger partial charge in [0.1, 0.15) is 0 Å². The molecule has 0 aliphatic rings. The van der Waals surface area contributed by atoms with Gasteiger partial charge in [-0.05, 0) is 43.0 Å². The van der Waals surface area contributed by atoms with Gasteiger partial charge in [0.05, 0.1) is 6.10 Å². The number of fused-ring (bicyclic) bond motifs is 1. The zero-order chi connectivity index (χ0) is 11.5. The second-order valence-corrected chi connectivity index (χ2v) is 4.34. The number of hydrogen-bond donors (Lipinski definition) is 3. The van der Waals surface area contributed by atoms with E-state index in [0.717, 1.165) is 23.0 Å². The van der Waals surface area contributed by atoms with Crippen LogP contribution in [0.15, 0.2) is 24.3 Å². The van der Waals surface area contributed by atoms with E-state index in [9.17, 15) is 5.11 Å². The van der Waals surface area contributed by atoms with Crippen molar-refractivity contribution in [3.8, 4) is 0 Å². The molecule has 0 saturated heterocycles. The lowest BCUT2D eigenvalue weighted by Crippen LogP contribution is -2.03. The molecule has 3 nitrogen and oxygen atoms in total. The van der Waals surface area contributed by atoms with Crippen molar-refractivity contribution in [1.29, 1.82) is 0 Å². The number of benzene rings is 1. The van der Waals surface area contributed by atoms with E-state index in [1.807, 2.05) is 24.3 Å². The first kappa shape index (κ1) is 11.5. The van der Waals surface area contributed by atoms with E-state index in [4.69, 9.17) is 17.3 Å². The highest BCUT2D eigenvalue weighted by Gasteiger charge is 2.10. The van der Waals surface area contributed by atoms with Crippen LogP contribution >= 0.6 is 11.6 Å². The van der Waals surface area contributed by atoms with Gasteiger partial charge in [0.25, 0.3) is 0 Å². The molecule has 0 aliphatic carbocycles. The fourth-order valence-electron chi connectivity index (χ4n) is 1.77. The van der Waals surface area contributed by atoms with Gasteiger partial charge in [-0.25, -0.2) is 0 Å². The van der Waals surface area contributed by atoms with Gasteiger partial charge in [-0.15, -0.1) is 0 Å². The van der Waals surface area contributed by atoms with Crippen molar-refractivity contribution in [3.63, 3.8) is 0 Å². The summed E-state index contributed by atoms with van der Waals surface area (Å²) in [6.45, 7) is 0.600. The zero-order valence-corrected chi connectivity index (χ0v) is 9.67. The van der Waals surface area contributed by atoms with Crippen molar-refractivity contribution >= 4 is 22.5 Å². The Bertz CT molecular complexity index is 481. The van der Waals surface area contributed by atoms with E-state index in [2.05, 4.69) is 4.98 Å². The average Bonchev–Trinajstić information content (AvgIpc) is 2.68. The predicted octanol–water partition coefficient (Wildman–Crippen LogP) is 2.59. The quantitative estimate of drug-likeness (QED) is 0.767. The number of aromatic amines is 1. The smallest absolute Gasteiger partial charge is 0.0938 e. The molecule has 4 heteroatoms. The van der Waals surface area contributed by atoms with E-state index < -0.39 is 6.10 Å². The Balaban J connectivity index is 2.25. The Labute approximate surface area is 99.2 Å². The summed E-state index contributed by atoms with van der Waals surface area (Å²) in [6, 6.07) is 7.59. The largest absolute Gasteiger partial charge is 0.387 e. The molecule has 0 spiro atoms. The van der Waals surface area contributed by atoms with Crippen molar-refractivity contribution < 1.29 is 5.11 Å². The van der Waals surface area contributed by atoms with Gasteiger partial charge >= 0.3 is 0 Å². The minimum absolute atomic E-state index is 0.477. The SMILES string of the molecule is NCCCC(O)c1cc2ccc(Cl)cc2[nH]1. The number of rotatable bonds is 4. The lowest BCUT2D eigenvalue weighted by atomic mass is 10.1. The molecule has 4 N–H and O–H groups in total. The maximum atomic E-state index is 9.90. The van der Waals surface area contributed by atoms with Gasteiger partial charge in [-0.3, -0.25) is 0 Å². The molecule has 1 aromatic carbocycles. The molecule has 1 aromatic heterocycles. The van der Waals surface area contributed by atoms with Crippen LogP contribution in [0.4, 0.5) is 0 Å². The first-order chi connectivity index (χ1) is 7.70. The van der Waals surface area contributed by atoms with E-state index in [0.29, 0.717) is 18.0 Å². The summed E-state index contributed by atoms with van der Waals surface area (Å²) in [5.41, 5.74) is 7.19. The first-order valence-electron chi connectivity index (χ1n) is 5.37. The molecule has 86 valence electrons. The number of halogens is 1. The van der Waals surface area contributed by atoms with Crippen LogP contribution in [0.2, 0.25) is 5.02 Å². The summed E-state index contributed by atoms with van der Waals surface area (Å²) < 4.78 is 0. The standard InChI is InChI=1S/C12H15ClN2O/c13-9-4-3-8-6-11(15-10(8)7-9)12(16)2-1-5-14/h3-4,6-7,12,15-16H,1-2,5,14H2. The summed E-state index contributed by atoms with van der Waals surface area (Å²) >= 11 is 5.89.